The summed E-state index contributed by atoms with van der Waals surface area (Å²) in [6.07, 6.45) is 8.65. The third-order valence-electron chi connectivity index (χ3n) is 6.91. The monoisotopic (exact) mass is 453 g/mol. The quantitative estimate of drug-likeness (QED) is 0.395. The van der Waals surface area contributed by atoms with Gasteiger partial charge >= 0.3 is 0 Å². The van der Waals surface area contributed by atoms with Crippen molar-refractivity contribution < 1.29 is 4.79 Å². The van der Waals surface area contributed by atoms with Gasteiger partial charge in [0.2, 0.25) is 0 Å². The van der Waals surface area contributed by atoms with Crippen molar-refractivity contribution in [3.8, 4) is 5.69 Å². The van der Waals surface area contributed by atoms with Gasteiger partial charge in [-0.05, 0) is 62.4 Å². The van der Waals surface area contributed by atoms with Crippen molar-refractivity contribution in [3.63, 3.8) is 0 Å². The standard InChI is InChI=1S/C28H31N5O/c1-20-12-26(10-11-29-20)33-28-17-30-25(13-23(28)16-31-33)15-27(34)14-24-19-32(2)18-22(24)9-8-21-6-4-3-5-7-21/h3-7,10-13,16-17,22,24H,8-9,14-15,18-19H2,1-2H3/t22-,24-/m0/s1. The van der Waals surface area contributed by atoms with Gasteiger partial charge in [-0.3, -0.25) is 14.8 Å². The minimum absolute atomic E-state index is 0.272. The Morgan fingerprint density at radius 3 is 2.68 bits per heavy atom. The Kier molecular flexibility index (Phi) is 6.50. The summed E-state index contributed by atoms with van der Waals surface area (Å²) < 4.78 is 1.87. The van der Waals surface area contributed by atoms with E-state index in [9.17, 15) is 4.79 Å². The number of rotatable bonds is 8. The van der Waals surface area contributed by atoms with Crippen molar-refractivity contribution in [3.05, 3.63) is 84.1 Å². The number of aromatic nitrogens is 4. The molecule has 6 nitrogen and oxygen atoms in total. The van der Waals surface area contributed by atoms with Crippen LogP contribution in [0.1, 0.15) is 29.8 Å². The summed E-state index contributed by atoms with van der Waals surface area (Å²) in [5.74, 6) is 1.25. The van der Waals surface area contributed by atoms with Crippen molar-refractivity contribution >= 4 is 16.7 Å². The smallest absolute Gasteiger partial charge is 0.139 e. The summed E-state index contributed by atoms with van der Waals surface area (Å²) in [7, 11) is 2.16. The first kappa shape index (κ1) is 22.4. The van der Waals surface area contributed by atoms with Crippen LogP contribution < -0.4 is 0 Å². The first-order valence-electron chi connectivity index (χ1n) is 12.0. The minimum atomic E-state index is 0.272. The fourth-order valence-electron chi connectivity index (χ4n) is 5.23. The molecule has 4 aromatic rings. The van der Waals surface area contributed by atoms with Crippen LogP contribution >= 0.6 is 0 Å². The van der Waals surface area contributed by atoms with E-state index in [1.54, 1.807) is 6.20 Å². The Morgan fingerprint density at radius 2 is 1.85 bits per heavy atom. The lowest BCUT2D eigenvalue weighted by molar-refractivity contribution is -0.119. The molecular weight excluding hydrogens is 422 g/mol. The maximum atomic E-state index is 13.0. The van der Waals surface area contributed by atoms with Crippen LogP contribution in [-0.2, 0) is 17.6 Å². The Morgan fingerprint density at radius 1 is 1.03 bits per heavy atom. The number of ketones is 1. The van der Waals surface area contributed by atoms with Crippen LogP contribution in [0, 0.1) is 18.8 Å². The zero-order valence-corrected chi connectivity index (χ0v) is 19.9. The van der Waals surface area contributed by atoms with Crippen LogP contribution in [0.3, 0.4) is 0 Å². The van der Waals surface area contributed by atoms with E-state index >= 15 is 0 Å². The van der Waals surface area contributed by atoms with E-state index in [2.05, 4.69) is 57.3 Å². The van der Waals surface area contributed by atoms with E-state index in [-0.39, 0.29) is 5.78 Å². The molecule has 1 aliphatic rings. The molecule has 0 bridgehead atoms. The first-order chi connectivity index (χ1) is 16.5. The number of aryl methyl sites for hydroxylation is 2. The van der Waals surface area contributed by atoms with Crippen LogP contribution in [-0.4, -0.2) is 50.6 Å². The van der Waals surface area contributed by atoms with Crippen molar-refractivity contribution in [2.75, 3.05) is 20.1 Å². The van der Waals surface area contributed by atoms with Gasteiger partial charge in [-0.1, -0.05) is 30.3 Å². The Labute approximate surface area is 200 Å². The second-order valence-electron chi connectivity index (χ2n) is 9.63. The maximum absolute atomic E-state index is 13.0. The number of carbonyl (C=O) groups is 1. The molecule has 0 amide bonds. The molecule has 0 unspecified atom stereocenters. The number of hydrogen-bond acceptors (Lipinski definition) is 5. The summed E-state index contributed by atoms with van der Waals surface area (Å²) >= 11 is 0. The van der Waals surface area contributed by atoms with Crippen LogP contribution in [0.4, 0.5) is 0 Å². The van der Waals surface area contributed by atoms with Gasteiger partial charge in [0.25, 0.3) is 0 Å². The van der Waals surface area contributed by atoms with Crippen molar-refractivity contribution in [2.24, 2.45) is 11.8 Å². The molecular formula is C28H31N5O. The number of fused-ring (bicyclic) bond motifs is 1. The maximum Gasteiger partial charge on any atom is 0.139 e. The lowest BCUT2D eigenvalue weighted by Crippen LogP contribution is -2.19. The molecule has 1 aliphatic heterocycles. The van der Waals surface area contributed by atoms with Gasteiger partial charge in [-0.15, -0.1) is 0 Å². The number of Topliss-reactive ketones (excluding diaryl/α,β-unsaturated/α-hetero) is 1. The number of nitrogens with zero attached hydrogens (tertiary/aromatic N) is 5. The van der Waals surface area contributed by atoms with Crippen molar-refractivity contribution in [1.82, 2.24) is 24.6 Å². The highest BCUT2D eigenvalue weighted by atomic mass is 16.1. The normalized spacial score (nSPS) is 18.5. The lowest BCUT2D eigenvalue weighted by Gasteiger charge is -2.18. The summed E-state index contributed by atoms with van der Waals surface area (Å²) in [5, 5.41) is 5.53. The van der Waals surface area contributed by atoms with Gasteiger partial charge in [-0.25, -0.2) is 4.68 Å². The van der Waals surface area contributed by atoms with Gasteiger partial charge in [-0.2, -0.15) is 5.10 Å². The molecule has 0 radical (unpaired) electrons. The minimum Gasteiger partial charge on any atom is -0.306 e. The van der Waals surface area contributed by atoms with Crippen LogP contribution in [0.15, 0.2) is 67.1 Å². The lowest BCUT2D eigenvalue weighted by atomic mass is 9.86. The van der Waals surface area contributed by atoms with E-state index in [1.807, 2.05) is 42.2 Å². The topological polar surface area (TPSA) is 63.9 Å². The highest BCUT2D eigenvalue weighted by Gasteiger charge is 2.32. The van der Waals surface area contributed by atoms with E-state index in [0.29, 0.717) is 24.7 Å². The highest BCUT2D eigenvalue weighted by molar-refractivity contribution is 5.84. The third-order valence-corrected chi connectivity index (χ3v) is 6.91. The summed E-state index contributed by atoms with van der Waals surface area (Å²) in [6.45, 7) is 4.03. The fourth-order valence-corrected chi connectivity index (χ4v) is 5.23. The summed E-state index contributed by atoms with van der Waals surface area (Å²) in [6, 6.07) is 16.6. The zero-order valence-electron chi connectivity index (χ0n) is 19.9. The predicted octanol–water partition coefficient (Wildman–Crippen LogP) is 4.44. The Balaban J connectivity index is 1.23. The third kappa shape index (κ3) is 5.07. The molecule has 0 saturated carbocycles. The van der Waals surface area contributed by atoms with Crippen molar-refractivity contribution in [2.45, 2.75) is 32.6 Å². The Hall–Kier alpha value is -3.38. The largest absolute Gasteiger partial charge is 0.306 e. The molecule has 1 fully saturated rings. The van der Waals surface area contributed by atoms with Crippen LogP contribution in [0.2, 0.25) is 0 Å². The molecule has 0 N–H and O–H groups in total. The molecule has 0 aliphatic carbocycles. The first-order valence-corrected chi connectivity index (χ1v) is 12.0. The molecule has 5 rings (SSSR count). The van der Waals surface area contributed by atoms with Gasteiger partial charge < -0.3 is 4.90 Å². The molecule has 0 spiro atoms. The molecule has 6 heteroatoms. The molecule has 1 aromatic carbocycles. The van der Waals surface area contributed by atoms with Gasteiger partial charge in [0.15, 0.2) is 0 Å². The number of benzene rings is 1. The summed E-state index contributed by atoms with van der Waals surface area (Å²) in [4.78, 5) is 24.2. The molecule has 1 saturated heterocycles. The van der Waals surface area contributed by atoms with Crippen LogP contribution in [0.5, 0.6) is 0 Å². The molecule has 4 heterocycles. The average molecular weight is 454 g/mol. The molecule has 2 atom stereocenters. The number of likely N-dealkylation sites (tertiary alicyclic amines) is 1. The average Bonchev–Trinajstić information content (AvgIpc) is 3.40. The molecule has 34 heavy (non-hydrogen) atoms. The SMILES string of the molecule is Cc1cc(-n2ncc3cc(CC(=O)C[C@H]4CN(C)C[C@@H]4CCc4ccccc4)ncc32)ccn1. The second kappa shape index (κ2) is 9.85. The molecule has 3 aromatic heterocycles. The van der Waals surface area contributed by atoms with Crippen molar-refractivity contribution in [1.29, 1.82) is 0 Å². The zero-order chi connectivity index (χ0) is 23.5. The van der Waals surface area contributed by atoms with Gasteiger partial charge in [0, 0.05) is 48.9 Å². The van der Waals surface area contributed by atoms with E-state index in [0.717, 1.165) is 53.9 Å². The van der Waals surface area contributed by atoms with Gasteiger partial charge in [0.1, 0.15) is 5.78 Å². The Bertz CT molecular complexity index is 1280. The number of hydrogen-bond donors (Lipinski definition) is 0. The number of carbonyl (C=O) groups excluding carboxylic acids is 1. The summed E-state index contributed by atoms with van der Waals surface area (Å²) in [5.41, 5.74) is 5.02. The van der Waals surface area contributed by atoms with E-state index in [4.69, 9.17) is 0 Å². The van der Waals surface area contributed by atoms with E-state index in [1.165, 1.54) is 5.56 Å². The van der Waals surface area contributed by atoms with E-state index < -0.39 is 0 Å². The number of pyridine rings is 2. The van der Waals surface area contributed by atoms with Gasteiger partial charge in [0.05, 0.1) is 23.6 Å². The fraction of sp³-hybridized carbons (Fsp3) is 0.357. The second-order valence-corrected chi connectivity index (χ2v) is 9.63. The predicted molar refractivity (Wildman–Crippen MR) is 134 cm³/mol. The van der Waals surface area contributed by atoms with Crippen LogP contribution in [0.25, 0.3) is 16.6 Å². The highest BCUT2D eigenvalue weighted by Crippen LogP contribution is 2.30. The molecule has 174 valence electrons.